The second kappa shape index (κ2) is 8.33. The molecule has 0 radical (unpaired) electrons. The Kier molecular flexibility index (Phi) is 6.17. The highest BCUT2D eigenvalue weighted by Crippen LogP contribution is 2.22. The summed E-state index contributed by atoms with van der Waals surface area (Å²) < 4.78 is 10.5. The van der Waals surface area contributed by atoms with E-state index in [-0.39, 0.29) is 18.9 Å². The Morgan fingerprint density at radius 2 is 1.76 bits per heavy atom. The third kappa shape index (κ3) is 4.38. The normalized spacial score (nSPS) is 10.2. The number of para-hydroxylation sites is 1. The quantitative estimate of drug-likeness (QED) is 0.754. The lowest BCUT2D eigenvalue weighted by Crippen LogP contribution is -2.29. The van der Waals surface area contributed by atoms with Crippen molar-refractivity contribution in [2.45, 2.75) is 20.3 Å². The molecule has 132 valence electrons. The van der Waals surface area contributed by atoms with Crippen LogP contribution in [-0.2, 0) is 9.53 Å². The Morgan fingerprint density at radius 1 is 1.04 bits per heavy atom. The summed E-state index contributed by atoms with van der Waals surface area (Å²) in [6.45, 7) is 4.28. The van der Waals surface area contributed by atoms with Crippen molar-refractivity contribution in [3.05, 3.63) is 59.2 Å². The fourth-order valence-electron chi connectivity index (χ4n) is 2.48. The van der Waals surface area contributed by atoms with Crippen LogP contribution in [0.25, 0.3) is 0 Å². The number of hydrogen-bond donors (Lipinski definition) is 0. The highest BCUT2D eigenvalue weighted by molar-refractivity contribution is 6.02. The molecule has 0 atom stereocenters. The Bertz CT molecular complexity index is 770. The van der Waals surface area contributed by atoms with E-state index in [1.54, 1.807) is 31.3 Å². The molecule has 0 saturated heterocycles. The van der Waals surface area contributed by atoms with Crippen LogP contribution in [-0.4, -0.2) is 32.6 Å². The fraction of sp³-hybridized carbons (Fsp3) is 0.300. The third-order valence-electron chi connectivity index (χ3n) is 4.17. The van der Waals surface area contributed by atoms with E-state index in [9.17, 15) is 9.59 Å². The van der Waals surface area contributed by atoms with Crippen molar-refractivity contribution >= 4 is 17.6 Å². The Labute approximate surface area is 148 Å². The van der Waals surface area contributed by atoms with Crippen molar-refractivity contribution in [1.29, 1.82) is 0 Å². The van der Waals surface area contributed by atoms with Crippen LogP contribution in [0.3, 0.4) is 0 Å². The Balaban J connectivity index is 2.02. The van der Waals surface area contributed by atoms with E-state index in [2.05, 4.69) is 0 Å². The summed E-state index contributed by atoms with van der Waals surface area (Å²) in [4.78, 5) is 25.7. The second-order valence-corrected chi connectivity index (χ2v) is 5.76. The molecule has 5 heteroatoms. The van der Waals surface area contributed by atoms with E-state index < -0.39 is 5.97 Å². The van der Waals surface area contributed by atoms with E-state index in [1.165, 1.54) is 12.0 Å². The Morgan fingerprint density at radius 3 is 2.48 bits per heavy atom. The van der Waals surface area contributed by atoms with Crippen molar-refractivity contribution in [2.75, 3.05) is 25.7 Å². The summed E-state index contributed by atoms with van der Waals surface area (Å²) in [5.74, 6) is 0.175. The van der Waals surface area contributed by atoms with Crippen molar-refractivity contribution in [1.82, 2.24) is 0 Å². The van der Waals surface area contributed by atoms with Gasteiger partial charge in [-0.2, -0.15) is 0 Å². The predicted molar refractivity (Wildman–Crippen MR) is 97.2 cm³/mol. The molecule has 0 N–H and O–H groups in total. The van der Waals surface area contributed by atoms with Crippen LogP contribution in [0.2, 0.25) is 0 Å². The number of ether oxygens (including phenoxy) is 2. The monoisotopic (exact) mass is 341 g/mol. The molecular weight excluding hydrogens is 318 g/mol. The van der Waals surface area contributed by atoms with Crippen molar-refractivity contribution < 1.29 is 19.1 Å². The molecule has 2 aromatic carbocycles. The first-order valence-electron chi connectivity index (χ1n) is 8.08. The van der Waals surface area contributed by atoms with Crippen LogP contribution in [0.5, 0.6) is 5.75 Å². The van der Waals surface area contributed by atoms with Gasteiger partial charge >= 0.3 is 5.97 Å². The lowest BCUT2D eigenvalue weighted by Gasteiger charge is -2.20. The summed E-state index contributed by atoms with van der Waals surface area (Å²) >= 11 is 0. The van der Waals surface area contributed by atoms with E-state index >= 15 is 0 Å². The van der Waals surface area contributed by atoms with E-state index in [4.69, 9.17) is 9.47 Å². The smallest absolute Gasteiger partial charge is 0.339 e. The number of benzene rings is 2. The molecule has 0 aliphatic heterocycles. The molecule has 5 nitrogen and oxygen atoms in total. The largest absolute Gasteiger partial charge is 0.493 e. The predicted octanol–water partition coefficient (Wildman–Crippen LogP) is 3.52. The minimum atomic E-state index is -0.470. The average molecular weight is 341 g/mol. The van der Waals surface area contributed by atoms with Gasteiger partial charge in [0.05, 0.1) is 31.4 Å². The molecule has 1 amide bonds. The van der Waals surface area contributed by atoms with Gasteiger partial charge in [-0.15, -0.1) is 0 Å². The van der Waals surface area contributed by atoms with E-state index in [0.29, 0.717) is 11.3 Å². The molecule has 0 aromatic heterocycles. The van der Waals surface area contributed by atoms with E-state index in [1.807, 2.05) is 32.0 Å². The zero-order valence-corrected chi connectivity index (χ0v) is 15.0. The maximum absolute atomic E-state index is 12.4. The number of carbonyl (C=O) groups is 2. The Hall–Kier alpha value is -2.82. The van der Waals surface area contributed by atoms with Crippen LogP contribution in [0.1, 0.15) is 27.9 Å². The van der Waals surface area contributed by atoms with E-state index in [0.717, 1.165) is 16.9 Å². The number of methoxy groups -OCH3 is 1. The SMILES string of the molecule is COC(=O)c1ccccc1N(C)C(=O)CCOc1cccc(C)c1C. The third-order valence-corrected chi connectivity index (χ3v) is 4.17. The molecule has 25 heavy (non-hydrogen) atoms. The lowest BCUT2D eigenvalue weighted by molar-refractivity contribution is -0.118. The molecule has 0 heterocycles. The number of hydrogen-bond acceptors (Lipinski definition) is 4. The van der Waals surface area contributed by atoms with Crippen LogP contribution in [0, 0.1) is 13.8 Å². The number of carbonyl (C=O) groups excluding carboxylic acids is 2. The first-order chi connectivity index (χ1) is 12.0. The molecule has 0 saturated carbocycles. The molecule has 0 unspecified atom stereocenters. The molecule has 0 fully saturated rings. The molecule has 2 rings (SSSR count). The van der Waals surface area contributed by atoms with Gasteiger partial charge in [0.2, 0.25) is 5.91 Å². The minimum absolute atomic E-state index is 0.137. The van der Waals surface area contributed by atoms with Gasteiger partial charge in [0.1, 0.15) is 5.75 Å². The lowest BCUT2D eigenvalue weighted by atomic mass is 10.1. The first-order valence-corrected chi connectivity index (χ1v) is 8.08. The van der Waals surface area contributed by atoms with Gasteiger partial charge in [0.25, 0.3) is 0 Å². The number of nitrogens with zero attached hydrogens (tertiary/aromatic N) is 1. The maximum Gasteiger partial charge on any atom is 0.339 e. The first kappa shape index (κ1) is 18.5. The molecule has 0 aliphatic rings. The van der Waals surface area contributed by atoms with Gasteiger partial charge in [0, 0.05) is 7.05 Å². The number of aryl methyl sites for hydroxylation is 1. The van der Waals surface area contributed by atoms with Gasteiger partial charge in [-0.05, 0) is 43.2 Å². The van der Waals surface area contributed by atoms with Gasteiger partial charge in [-0.1, -0.05) is 24.3 Å². The fourth-order valence-corrected chi connectivity index (χ4v) is 2.48. The van der Waals surface area contributed by atoms with Crippen molar-refractivity contribution in [3.63, 3.8) is 0 Å². The maximum atomic E-state index is 12.4. The van der Waals surface area contributed by atoms with Crippen LogP contribution < -0.4 is 9.64 Å². The van der Waals surface area contributed by atoms with Gasteiger partial charge in [-0.3, -0.25) is 4.79 Å². The zero-order valence-electron chi connectivity index (χ0n) is 15.0. The summed E-state index contributed by atoms with van der Waals surface area (Å²) in [6, 6.07) is 12.7. The summed E-state index contributed by atoms with van der Waals surface area (Å²) in [5, 5.41) is 0. The van der Waals surface area contributed by atoms with Crippen molar-refractivity contribution in [2.24, 2.45) is 0 Å². The molecule has 2 aromatic rings. The highest BCUT2D eigenvalue weighted by Gasteiger charge is 2.18. The zero-order chi connectivity index (χ0) is 18.4. The number of anilines is 1. The molecule has 0 spiro atoms. The van der Waals surface area contributed by atoms with Gasteiger partial charge in [0.15, 0.2) is 0 Å². The molecule has 0 aliphatic carbocycles. The highest BCUT2D eigenvalue weighted by atomic mass is 16.5. The van der Waals surface area contributed by atoms with Crippen LogP contribution >= 0.6 is 0 Å². The summed E-state index contributed by atoms with van der Waals surface area (Å²) in [7, 11) is 2.96. The van der Waals surface area contributed by atoms with Crippen LogP contribution in [0.15, 0.2) is 42.5 Å². The number of rotatable bonds is 6. The van der Waals surface area contributed by atoms with Gasteiger partial charge in [-0.25, -0.2) is 4.79 Å². The number of amides is 1. The molecular formula is C20H23NO4. The summed E-state index contributed by atoms with van der Waals surface area (Å²) in [5.41, 5.74) is 3.09. The second-order valence-electron chi connectivity index (χ2n) is 5.76. The molecule has 0 bridgehead atoms. The topological polar surface area (TPSA) is 55.8 Å². The van der Waals surface area contributed by atoms with Crippen molar-refractivity contribution in [3.8, 4) is 5.75 Å². The standard InChI is InChI=1S/C20H23NO4/c1-14-8-7-11-18(15(14)2)25-13-12-19(22)21(3)17-10-6-5-9-16(17)20(23)24-4/h5-11H,12-13H2,1-4H3. The minimum Gasteiger partial charge on any atom is -0.493 e. The van der Waals surface area contributed by atoms with Crippen LogP contribution in [0.4, 0.5) is 5.69 Å². The summed E-state index contributed by atoms with van der Waals surface area (Å²) in [6.07, 6.45) is 0.208. The average Bonchev–Trinajstić information content (AvgIpc) is 2.63. The number of esters is 1. The van der Waals surface area contributed by atoms with Gasteiger partial charge < -0.3 is 14.4 Å².